The van der Waals surface area contributed by atoms with E-state index in [-0.39, 0.29) is 5.56 Å². The second kappa shape index (κ2) is 6.36. The van der Waals surface area contributed by atoms with Crippen molar-refractivity contribution in [2.75, 3.05) is 0 Å². The molecule has 2 aromatic carbocycles. The Kier molecular flexibility index (Phi) is 3.81. The van der Waals surface area contributed by atoms with E-state index in [2.05, 4.69) is 16.2 Å². The number of H-pyrrole nitrogens is 1. The van der Waals surface area contributed by atoms with Crippen molar-refractivity contribution in [1.82, 2.24) is 14.6 Å². The Morgan fingerprint density at radius 3 is 2.39 bits per heavy atom. The van der Waals surface area contributed by atoms with Gasteiger partial charge in [-0.2, -0.15) is 14.9 Å². The number of halogens is 1. The van der Waals surface area contributed by atoms with Crippen molar-refractivity contribution in [2.45, 2.75) is 18.8 Å². The molecule has 1 N–H and O–H groups in total. The Morgan fingerprint density at radius 2 is 1.75 bits per heavy atom. The van der Waals surface area contributed by atoms with Crippen molar-refractivity contribution in [1.29, 1.82) is 5.26 Å². The van der Waals surface area contributed by atoms with Crippen LogP contribution >= 0.6 is 11.6 Å². The Bertz CT molecular complexity index is 1290. The van der Waals surface area contributed by atoms with Gasteiger partial charge in [0.2, 0.25) is 0 Å². The van der Waals surface area contributed by atoms with E-state index in [1.165, 1.54) is 4.52 Å². The molecule has 2 aromatic heterocycles. The smallest absolute Gasteiger partial charge is 0.274 e. The molecule has 28 heavy (non-hydrogen) atoms. The average Bonchev–Trinajstić information content (AvgIpc) is 3.49. The quantitative estimate of drug-likeness (QED) is 0.551. The zero-order valence-corrected chi connectivity index (χ0v) is 15.6. The SMILES string of the molecule is N#Cc1ccc(-c2cc(=O)n3nc(C4CC4)c(-c4ccc(Cl)cc4)c3[nH]2)cc1. The number of aromatic nitrogens is 3. The van der Waals surface area contributed by atoms with Gasteiger partial charge >= 0.3 is 0 Å². The van der Waals surface area contributed by atoms with Gasteiger partial charge in [0, 0.05) is 22.6 Å². The molecule has 0 aliphatic heterocycles. The third kappa shape index (κ3) is 2.79. The summed E-state index contributed by atoms with van der Waals surface area (Å²) in [5, 5.41) is 14.3. The monoisotopic (exact) mass is 386 g/mol. The summed E-state index contributed by atoms with van der Waals surface area (Å²) in [6.07, 6.45) is 2.17. The molecule has 5 nitrogen and oxygen atoms in total. The molecule has 0 saturated heterocycles. The highest BCUT2D eigenvalue weighted by Gasteiger charge is 2.31. The molecule has 0 unspecified atom stereocenters. The van der Waals surface area contributed by atoms with E-state index < -0.39 is 0 Å². The Balaban J connectivity index is 1.76. The summed E-state index contributed by atoms with van der Waals surface area (Å²) in [5.41, 5.74) is 5.49. The average molecular weight is 387 g/mol. The molecule has 0 radical (unpaired) electrons. The van der Waals surface area contributed by atoms with Crippen molar-refractivity contribution < 1.29 is 0 Å². The minimum atomic E-state index is -0.185. The summed E-state index contributed by atoms with van der Waals surface area (Å²) in [5.74, 6) is 0.386. The normalized spacial score (nSPS) is 13.6. The van der Waals surface area contributed by atoms with Crippen LogP contribution in [0.5, 0.6) is 0 Å². The molecule has 6 heteroatoms. The molecule has 2 heterocycles. The van der Waals surface area contributed by atoms with Gasteiger partial charge in [0.05, 0.1) is 23.0 Å². The van der Waals surface area contributed by atoms with Gasteiger partial charge < -0.3 is 4.98 Å². The highest BCUT2D eigenvalue weighted by Crippen LogP contribution is 2.45. The lowest BCUT2D eigenvalue weighted by molar-refractivity contribution is 0.855. The molecule has 136 valence electrons. The van der Waals surface area contributed by atoms with Crippen LogP contribution in [0.1, 0.15) is 30.0 Å². The van der Waals surface area contributed by atoms with Crippen LogP contribution in [0.15, 0.2) is 59.4 Å². The molecule has 1 aliphatic carbocycles. The first-order chi connectivity index (χ1) is 13.6. The van der Waals surface area contributed by atoms with Gasteiger partial charge in [-0.3, -0.25) is 4.79 Å². The Labute approximate surface area is 165 Å². The third-order valence-corrected chi connectivity index (χ3v) is 5.32. The lowest BCUT2D eigenvalue weighted by Crippen LogP contribution is -2.14. The van der Waals surface area contributed by atoms with Crippen molar-refractivity contribution in [3.8, 4) is 28.5 Å². The summed E-state index contributed by atoms with van der Waals surface area (Å²) in [6, 6.07) is 18.4. The minimum absolute atomic E-state index is 0.185. The Morgan fingerprint density at radius 1 is 1.07 bits per heavy atom. The predicted octanol–water partition coefficient (Wildman–Crippen LogP) is 4.76. The maximum atomic E-state index is 12.8. The molecule has 0 spiro atoms. The van der Waals surface area contributed by atoms with Gasteiger partial charge in [-0.15, -0.1) is 0 Å². The Hall–Kier alpha value is -3.36. The van der Waals surface area contributed by atoms with Crippen molar-refractivity contribution in [2.24, 2.45) is 0 Å². The number of nitriles is 1. The fourth-order valence-corrected chi connectivity index (χ4v) is 3.61. The molecular weight excluding hydrogens is 372 g/mol. The van der Waals surface area contributed by atoms with Gasteiger partial charge in [0.25, 0.3) is 5.56 Å². The number of rotatable bonds is 3. The maximum absolute atomic E-state index is 12.8. The fourth-order valence-electron chi connectivity index (χ4n) is 3.48. The summed E-state index contributed by atoms with van der Waals surface area (Å²) >= 11 is 6.06. The van der Waals surface area contributed by atoms with Gasteiger partial charge in [0.15, 0.2) is 0 Å². The number of aromatic amines is 1. The number of nitrogens with one attached hydrogen (secondary N) is 1. The highest BCUT2D eigenvalue weighted by atomic mass is 35.5. The lowest BCUT2D eigenvalue weighted by Gasteiger charge is -2.06. The van der Waals surface area contributed by atoms with Crippen LogP contribution in [0.4, 0.5) is 0 Å². The van der Waals surface area contributed by atoms with E-state index in [1.807, 2.05) is 36.4 Å². The second-order valence-electron chi connectivity index (χ2n) is 7.01. The zero-order chi connectivity index (χ0) is 19.3. The molecular formula is C22H15ClN4O. The lowest BCUT2D eigenvalue weighted by atomic mass is 10.0. The van der Waals surface area contributed by atoms with Crippen LogP contribution in [0.2, 0.25) is 5.02 Å². The van der Waals surface area contributed by atoms with Crippen molar-refractivity contribution in [3.63, 3.8) is 0 Å². The van der Waals surface area contributed by atoms with Crippen molar-refractivity contribution in [3.05, 3.63) is 81.2 Å². The van der Waals surface area contributed by atoms with Crippen LogP contribution < -0.4 is 5.56 Å². The zero-order valence-electron chi connectivity index (χ0n) is 14.8. The molecule has 1 saturated carbocycles. The van der Waals surface area contributed by atoms with Gasteiger partial charge in [-0.25, -0.2) is 0 Å². The number of hydrogen-bond donors (Lipinski definition) is 1. The number of benzene rings is 2. The van der Waals surface area contributed by atoms with E-state index in [0.29, 0.717) is 27.8 Å². The number of nitrogens with zero attached hydrogens (tertiary/aromatic N) is 3. The van der Waals surface area contributed by atoms with E-state index in [9.17, 15) is 4.79 Å². The molecule has 5 rings (SSSR count). The van der Waals surface area contributed by atoms with Crippen LogP contribution in [0.25, 0.3) is 28.0 Å². The molecule has 0 atom stereocenters. The van der Waals surface area contributed by atoms with E-state index >= 15 is 0 Å². The largest absolute Gasteiger partial charge is 0.339 e. The molecule has 0 bridgehead atoms. The molecule has 4 aromatic rings. The van der Waals surface area contributed by atoms with Crippen molar-refractivity contribution >= 4 is 17.2 Å². The number of hydrogen-bond acceptors (Lipinski definition) is 3. The third-order valence-electron chi connectivity index (χ3n) is 5.06. The fraction of sp³-hybridized carbons (Fsp3) is 0.136. The first kappa shape index (κ1) is 16.8. The van der Waals surface area contributed by atoms with Crippen LogP contribution in [-0.4, -0.2) is 14.6 Å². The standard InChI is InChI=1S/C22H15ClN4O/c23-17-9-7-15(8-10-17)20-21(16-5-6-16)26-27-19(28)11-18(25-22(20)27)14-3-1-13(12-24)2-4-14/h1-4,7-11,16,25H,5-6H2. The first-order valence-electron chi connectivity index (χ1n) is 9.06. The topological polar surface area (TPSA) is 73.9 Å². The van der Waals surface area contributed by atoms with E-state index in [4.69, 9.17) is 16.9 Å². The molecule has 1 aliphatic rings. The molecule has 0 amide bonds. The predicted molar refractivity (Wildman–Crippen MR) is 108 cm³/mol. The van der Waals surface area contributed by atoms with Crippen LogP contribution in [0.3, 0.4) is 0 Å². The van der Waals surface area contributed by atoms with Gasteiger partial charge in [-0.05, 0) is 48.2 Å². The van der Waals surface area contributed by atoms with Crippen LogP contribution in [0, 0.1) is 11.3 Å². The summed E-state index contributed by atoms with van der Waals surface area (Å²) < 4.78 is 1.45. The van der Waals surface area contributed by atoms with E-state index in [0.717, 1.165) is 35.2 Å². The summed E-state index contributed by atoms with van der Waals surface area (Å²) in [4.78, 5) is 16.2. The number of fused-ring (bicyclic) bond motifs is 1. The van der Waals surface area contributed by atoms with Crippen LogP contribution in [-0.2, 0) is 0 Å². The summed E-state index contributed by atoms with van der Waals surface area (Å²) in [7, 11) is 0. The summed E-state index contributed by atoms with van der Waals surface area (Å²) in [6.45, 7) is 0. The first-order valence-corrected chi connectivity index (χ1v) is 9.44. The maximum Gasteiger partial charge on any atom is 0.274 e. The van der Waals surface area contributed by atoms with Gasteiger partial charge in [0.1, 0.15) is 5.65 Å². The molecule has 1 fully saturated rings. The van der Waals surface area contributed by atoms with E-state index in [1.54, 1.807) is 18.2 Å². The van der Waals surface area contributed by atoms with Gasteiger partial charge in [-0.1, -0.05) is 35.9 Å². The second-order valence-corrected chi connectivity index (χ2v) is 7.45. The minimum Gasteiger partial charge on any atom is -0.339 e. The highest BCUT2D eigenvalue weighted by molar-refractivity contribution is 6.30.